The van der Waals surface area contributed by atoms with Gasteiger partial charge >= 0.3 is 77.7 Å². The van der Waals surface area contributed by atoms with Crippen molar-refractivity contribution in [3.8, 4) is 0 Å². The molecule has 0 aliphatic heterocycles. The molecule has 0 saturated carbocycles. The average molecular weight is 239 g/mol. The molecule has 4 nitrogen and oxygen atoms in total. The van der Waals surface area contributed by atoms with Crippen molar-refractivity contribution in [2.45, 2.75) is 0 Å². The van der Waals surface area contributed by atoms with Gasteiger partial charge in [0.1, 0.15) is 0 Å². The van der Waals surface area contributed by atoms with Crippen LogP contribution in [0.4, 0.5) is 0 Å². The summed E-state index contributed by atoms with van der Waals surface area (Å²) in [7, 11) is 0. The van der Waals surface area contributed by atoms with Gasteiger partial charge in [-0.2, -0.15) is 0 Å². The Labute approximate surface area is 78.3 Å². The fraction of sp³-hybridized carbons (Fsp3) is 0. The first-order valence-corrected chi connectivity index (χ1v) is 3.94. The fourth-order valence-electron chi connectivity index (χ4n) is 0. The fourth-order valence-corrected chi connectivity index (χ4v) is 0. The molecule has 0 spiro atoms. The minimum absolute atomic E-state index is 0. The summed E-state index contributed by atoms with van der Waals surface area (Å²) in [6, 6.07) is 0. The van der Waals surface area contributed by atoms with E-state index in [0.717, 1.165) is 0 Å². The van der Waals surface area contributed by atoms with Crippen LogP contribution in [0.15, 0.2) is 0 Å². The molecule has 7 heavy (non-hydrogen) atoms. The molecule has 0 fully saturated rings. The number of hydrogen-bond donors (Lipinski definition) is 0. The summed E-state index contributed by atoms with van der Waals surface area (Å²) in [4.78, 5) is 0. The summed E-state index contributed by atoms with van der Waals surface area (Å²) in [5.74, 6) is 0. The van der Waals surface area contributed by atoms with Gasteiger partial charge in [0.15, 0.2) is 0 Å². The first-order valence-electron chi connectivity index (χ1n) is 0.667. The Hall–Kier alpha value is 1.73. The quantitative estimate of drug-likeness (QED) is 0.395. The minimum atomic E-state index is -6.02. The van der Waals surface area contributed by atoms with E-state index in [2.05, 4.69) is 0 Å². The molecular formula is HMnMoNaO4. The van der Waals surface area contributed by atoms with E-state index in [9.17, 15) is 0 Å². The molecule has 0 bridgehead atoms. The van der Waals surface area contributed by atoms with Gasteiger partial charge < -0.3 is 1.43 Å². The van der Waals surface area contributed by atoms with Crippen LogP contribution in [-0.2, 0) is 40.6 Å². The Morgan fingerprint density at radius 2 is 1.29 bits per heavy atom. The summed E-state index contributed by atoms with van der Waals surface area (Å²) in [5.41, 5.74) is 0. The van der Waals surface area contributed by atoms with Crippen LogP contribution in [-0.4, -0.2) is 0 Å². The Morgan fingerprint density at radius 1 is 1.29 bits per heavy atom. The molecule has 0 saturated heterocycles. The summed E-state index contributed by atoms with van der Waals surface area (Å²) < 4.78 is 34.5. The predicted octanol–water partition coefficient (Wildman–Crippen LogP) is -5.50. The number of rotatable bonds is 0. The first-order chi connectivity index (χ1) is 2.00. The van der Waals surface area contributed by atoms with Gasteiger partial charge in [-0.3, -0.25) is 0 Å². The van der Waals surface area contributed by atoms with E-state index in [-0.39, 0.29) is 48.1 Å². The van der Waals surface area contributed by atoms with Gasteiger partial charge in [0.25, 0.3) is 0 Å². The van der Waals surface area contributed by atoms with Gasteiger partial charge in [-0.15, -0.1) is 0 Å². The molecule has 0 aliphatic rings. The molecule has 0 aromatic heterocycles. The van der Waals surface area contributed by atoms with E-state index in [1.54, 1.807) is 0 Å². The van der Waals surface area contributed by atoms with E-state index in [1.165, 1.54) is 0 Å². The Morgan fingerprint density at radius 3 is 1.29 bits per heavy atom. The van der Waals surface area contributed by atoms with Gasteiger partial charge in [0.2, 0.25) is 0 Å². The van der Waals surface area contributed by atoms with Crippen molar-refractivity contribution in [2.75, 3.05) is 0 Å². The molecule has 0 unspecified atom stereocenters. The normalized spacial score (nSPS) is 8.29. The van der Waals surface area contributed by atoms with Crippen LogP contribution in [0.1, 0.15) is 1.43 Å². The zero-order valence-electron chi connectivity index (χ0n) is 4.42. The van der Waals surface area contributed by atoms with Crippen molar-refractivity contribution in [1.82, 2.24) is 0 Å². The zero-order chi connectivity index (χ0) is 4.50. The van der Waals surface area contributed by atoms with Crippen LogP contribution < -0.4 is 37.1 Å². The second kappa shape index (κ2) is 5.86. The van der Waals surface area contributed by atoms with Crippen LogP contribution in [0.25, 0.3) is 0 Å². The van der Waals surface area contributed by atoms with Gasteiger partial charge in [-0.1, -0.05) is 0 Å². The molecule has 0 rings (SSSR count). The summed E-state index contributed by atoms with van der Waals surface area (Å²) in [6.07, 6.45) is 0. The van der Waals surface area contributed by atoms with Crippen molar-refractivity contribution in [3.63, 3.8) is 0 Å². The third-order valence-electron chi connectivity index (χ3n) is 0. The van der Waals surface area contributed by atoms with Gasteiger partial charge in [-0.05, 0) is 0 Å². The average Bonchev–Trinajstić information content (AvgIpc) is 0.722. The summed E-state index contributed by atoms with van der Waals surface area (Å²) in [5, 5.41) is 0. The van der Waals surface area contributed by atoms with Crippen LogP contribution >= 0.6 is 0 Å². The van der Waals surface area contributed by atoms with E-state index < -0.39 is 16.7 Å². The second-order valence-corrected chi connectivity index (χ2v) is 2.42. The molecule has 0 heterocycles. The van der Waals surface area contributed by atoms with Gasteiger partial charge in [-0.25, -0.2) is 0 Å². The van der Waals surface area contributed by atoms with Crippen molar-refractivity contribution >= 4 is 0 Å². The molecule has 39 valence electrons. The Bertz CT molecular complexity index is 99.2. The zero-order valence-corrected chi connectivity index (χ0v) is 8.61. The number of hydrogen-bond acceptors (Lipinski definition) is 4. The molecule has 0 aromatic carbocycles. The van der Waals surface area contributed by atoms with Crippen molar-refractivity contribution in [3.05, 3.63) is 0 Å². The van der Waals surface area contributed by atoms with E-state index in [0.29, 0.717) is 0 Å². The molecule has 0 atom stereocenters. The third kappa shape index (κ3) is 84.9. The van der Waals surface area contributed by atoms with Crippen LogP contribution in [0.2, 0.25) is 0 Å². The second-order valence-electron chi connectivity index (χ2n) is 0.408. The Balaban J connectivity index is -0.0000000267. The maximum absolute atomic E-state index is 8.63. The molecule has 0 aromatic rings. The summed E-state index contributed by atoms with van der Waals surface area (Å²) in [6.45, 7) is 0. The van der Waals surface area contributed by atoms with Gasteiger partial charge in [0, 0.05) is 0 Å². The monoisotopic (exact) mass is 241 g/mol. The van der Waals surface area contributed by atoms with Crippen molar-refractivity contribution in [1.29, 1.82) is 0 Å². The van der Waals surface area contributed by atoms with Crippen LogP contribution in [0, 0.1) is 0 Å². The predicted molar refractivity (Wildman–Crippen MR) is 2.49 cm³/mol. The topological polar surface area (TPSA) is 80.3 Å². The molecule has 0 N–H and O–H groups in total. The molecule has 1 radical (unpaired) electrons. The molecular weight excluding hydrogens is 238 g/mol. The van der Waals surface area contributed by atoms with Crippen molar-refractivity contribution < 1.29 is 79.1 Å². The first kappa shape index (κ1) is 15.9. The van der Waals surface area contributed by atoms with Gasteiger partial charge in [0.05, 0.1) is 0 Å². The maximum atomic E-state index is 8.63. The summed E-state index contributed by atoms with van der Waals surface area (Å²) >= 11 is -6.02. The van der Waals surface area contributed by atoms with Crippen LogP contribution in [0.3, 0.4) is 0 Å². The molecule has 0 amide bonds. The van der Waals surface area contributed by atoms with E-state index in [4.69, 9.17) is 14.3 Å². The third-order valence-corrected chi connectivity index (χ3v) is 0. The van der Waals surface area contributed by atoms with Crippen LogP contribution in [0.5, 0.6) is 0 Å². The SMILES string of the molecule is [H-].[Mn+2].[Na+].[O]=[Mo](=[O])([O-])[O-]. The molecule has 0 aliphatic carbocycles. The Kier molecular flexibility index (Phi) is 13.3. The van der Waals surface area contributed by atoms with E-state index in [1.807, 2.05) is 0 Å². The van der Waals surface area contributed by atoms with Crippen molar-refractivity contribution in [2.24, 2.45) is 0 Å². The molecule has 7 heteroatoms. The standard InChI is InChI=1S/Mn.Mo.Na.4O.H/q+2;;+1;;;3*-1. The van der Waals surface area contributed by atoms with E-state index >= 15 is 0 Å².